The third-order valence-corrected chi connectivity index (χ3v) is 5.87. The first-order chi connectivity index (χ1) is 13.2. The molecule has 0 saturated carbocycles. The fourth-order valence-corrected chi connectivity index (χ4v) is 4.14. The lowest BCUT2D eigenvalue weighted by Gasteiger charge is -2.31. The molecule has 3 rings (SSSR count). The molecule has 0 aromatic heterocycles. The molecular weight excluding hydrogens is 338 g/mol. The Hall–Kier alpha value is -1.88. The van der Waals surface area contributed by atoms with E-state index in [0.717, 1.165) is 64.1 Å². The molecule has 2 heterocycles. The maximum Gasteiger partial charge on any atom is 0.228 e. The second-order valence-electron chi connectivity index (χ2n) is 7.79. The van der Waals surface area contributed by atoms with Gasteiger partial charge in [-0.1, -0.05) is 38.0 Å². The number of benzene rings is 1. The monoisotopic (exact) mass is 371 g/mol. The Balaban J connectivity index is 1.36. The summed E-state index contributed by atoms with van der Waals surface area (Å²) >= 11 is 0. The first kappa shape index (κ1) is 19.9. The van der Waals surface area contributed by atoms with Gasteiger partial charge in [-0.25, -0.2) is 0 Å². The van der Waals surface area contributed by atoms with Crippen molar-refractivity contribution < 1.29 is 9.59 Å². The normalized spacial score (nSPS) is 17.7. The molecule has 5 nitrogen and oxygen atoms in total. The molecular formula is C22H33N3O2. The molecule has 0 atom stereocenters. The topological polar surface area (TPSA) is 52.7 Å². The zero-order chi connectivity index (χ0) is 19.1. The molecule has 0 aliphatic carbocycles. The van der Waals surface area contributed by atoms with Gasteiger partial charge in [-0.2, -0.15) is 0 Å². The largest absolute Gasteiger partial charge is 0.356 e. The number of anilines is 1. The predicted molar refractivity (Wildman–Crippen MR) is 109 cm³/mol. The Morgan fingerprint density at radius 2 is 1.89 bits per heavy atom. The summed E-state index contributed by atoms with van der Waals surface area (Å²) < 4.78 is 0. The van der Waals surface area contributed by atoms with Crippen LogP contribution in [0.1, 0.15) is 51.0 Å². The van der Waals surface area contributed by atoms with Crippen LogP contribution in [0.25, 0.3) is 0 Å². The third kappa shape index (κ3) is 5.32. The molecule has 0 radical (unpaired) electrons. The molecule has 0 spiro atoms. The number of rotatable bonds is 8. The van der Waals surface area contributed by atoms with E-state index in [1.807, 2.05) is 23.1 Å². The highest BCUT2D eigenvalue weighted by atomic mass is 16.2. The van der Waals surface area contributed by atoms with E-state index in [-0.39, 0.29) is 17.7 Å². The van der Waals surface area contributed by atoms with Crippen molar-refractivity contribution >= 4 is 17.5 Å². The molecule has 0 unspecified atom stereocenters. The Morgan fingerprint density at radius 1 is 1.11 bits per heavy atom. The number of nitrogens with one attached hydrogen (secondary N) is 1. The molecule has 1 fully saturated rings. The molecule has 2 aliphatic heterocycles. The van der Waals surface area contributed by atoms with Crippen molar-refractivity contribution in [1.29, 1.82) is 0 Å². The molecule has 2 aliphatic rings. The molecule has 27 heavy (non-hydrogen) atoms. The summed E-state index contributed by atoms with van der Waals surface area (Å²) in [6.45, 7) is 6.40. The van der Waals surface area contributed by atoms with Crippen molar-refractivity contribution in [3.05, 3.63) is 29.8 Å². The van der Waals surface area contributed by atoms with Gasteiger partial charge in [0.2, 0.25) is 11.8 Å². The summed E-state index contributed by atoms with van der Waals surface area (Å²) in [5, 5.41) is 3.08. The van der Waals surface area contributed by atoms with Crippen LogP contribution in [-0.4, -0.2) is 49.4 Å². The van der Waals surface area contributed by atoms with Gasteiger partial charge in [0.25, 0.3) is 0 Å². The highest BCUT2D eigenvalue weighted by Gasteiger charge is 2.27. The Morgan fingerprint density at radius 3 is 2.67 bits per heavy atom. The van der Waals surface area contributed by atoms with Crippen molar-refractivity contribution in [2.75, 3.05) is 37.6 Å². The molecule has 5 heteroatoms. The van der Waals surface area contributed by atoms with Crippen LogP contribution >= 0.6 is 0 Å². The quantitative estimate of drug-likeness (QED) is 0.715. The van der Waals surface area contributed by atoms with Crippen LogP contribution in [0.2, 0.25) is 0 Å². The predicted octanol–water partition coefficient (Wildman–Crippen LogP) is 2.98. The van der Waals surface area contributed by atoms with Crippen molar-refractivity contribution in [3.8, 4) is 0 Å². The van der Waals surface area contributed by atoms with E-state index in [2.05, 4.69) is 23.2 Å². The highest BCUT2D eigenvalue weighted by molar-refractivity contribution is 5.95. The lowest BCUT2D eigenvalue weighted by molar-refractivity contribution is -0.126. The molecule has 0 bridgehead atoms. The maximum atomic E-state index is 12.6. The first-order valence-corrected chi connectivity index (χ1v) is 10.6. The fourth-order valence-electron chi connectivity index (χ4n) is 4.14. The second-order valence-corrected chi connectivity index (χ2v) is 7.79. The lowest BCUT2D eigenvalue weighted by atomic mass is 9.95. The average molecular weight is 372 g/mol. The van der Waals surface area contributed by atoms with E-state index in [0.29, 0.717) is 6.42 Å². The number of para-hydroxylation sites is 1. The van der Waals surface area contributed by atoms with E-state index in [1.54, 1.807) is 0 Å². The minimum atomic E-state index is 0.143. The van der Waals surface area contributed by atoms with Crippen molar-refractivity contribution in [3.63, 3.8) is 0 Å². The second kappa shape index (κ2) is 9.88. The van der Waals surface area contributed by atoms with E-state index in [4.69, 9.17) is 0 Å². The number of amides is 2. The van der Waals surface area contributed by atoms with Crippen molar-refractivity contribution in [1.82, 2.24) is 10.2 Å². The van der Waals surface area contributed by atoms with E-state index in [1.165, 1.54) is 18.4 Å². The maximum absolute atomic E-state index is 12.6. The molecule has 2 amide bonds. The molecule has 1 saturated heterocycles. The van der Waals surface area contributed by atoms with Crippen molar-refractivity contribution in [2.24, 2.45) is 5.92 Å². The standard InChI is InChI=1S/C22H33N3O2/c1-2-3-6-13-23-22(27)19-9-14-24(15-10-19)16-12-21(26)25-17-11-18-7-4-5-8-20(18)25/h4-5,7-8,19H,2-3,6,9-17H2,1H3,(H,23,27). The highest BCUT2D eigenvalue weighted by Crippen LogP contribution is 2.28. The summed E-state index contributed by atoms with van der Waals surface area (Å²) in [6.07, 6.45) is 6.75. The zero-order valence-corrected chi connectivity index (χ0v) is 16.6. The number of nitrogens with zero attached hydrogens (tertiary/aromatic N) is 2. The Kier molecular flexibility index (Phi) is 7.27. The lowest BCUT2D eigenvalue weighted by Crippen LogP contribution is -2.42. The van der Waals surface area contributed by atoms with Crippen molar-refractivity contribution in [2.45, 2.75) is 51.9 Å². The van der Waals surface area contributed by atoms with Crippen LogP contribution < -0.4 is 10.2 Å². The number of piperidine rings is 1. The van der Waals surface area contributed by atoms with Gasteiger partial charge in [0, 0.05) is 37.7 Å². The number of carbonyl (C=O) groups is 2. The van der Waals surface area contributed by atoms with Gasteiger partial charge in [-0.15, -0.1) is 0 Å². The van der Waals surface area contributed by atoms with Crippen LogP contribution in [0.15, 0.2) is 24.3 Å². The zero-order valence-electron chi connectivity index (χ0n) is 16.6. The third-order valence-electron chi connectivity index (χ3n) is 5.87. The van der Waals surface area contributed by atoms with Gasteiger partial charge in [-0.3, -0.25) is 9.59 Å². The van der Waals surface area contributed by atoms with Crippen LogP contribution in [0.4, 0.5) is 5.69 Å². The molecule has 1 N–H and O–H groups in total. The van der Waals surface area contributed by atoms with Gasteiger partial charge in [0.1, 0.15) is 0 Å². The number of hydrogen-bond donors (Lipinski definition) is 1. The van der Waals surface area contributed by atoms with E-state index >= 15 is 0 Å². The number of carbonyl (C=O) groups excluding carboxylic acids is 2. The summed E-state index contributed by atoms with van der Waals surface area (Å²) in [7, 11) is 0. The summed E-state index contributed by atoms with van der Waals surface area (Å²) in [4.78, 5) is 29.1. The summed E-state index contributed by atoms with van der Waals surface area (Å²) in [5.74, 6) is 0.579. The van der Waals surface area contributed by atoms with Gasteiger partial charge in [0.15, 0.2) is 0 Å². The molecule has 148 valence electrons. The molecule has 1 aromatic rings. The smallest absolute Gasteiger partial charge is 0.228 e. The number of fused-ring (bicyclic) bond motifs is 1. The van der Waals surface area contributed by atoms with Gasteiger partial charge in [-0.05, 0) is 50.4 Å². The Bertz CT molecular complexity index is 638. The number of likely N-dealkylation sites (tertiary alicyclic amines) is 1. The van der Waals surface area contributed by atoms with E-state index in [9.17, 15) is 9.59 Å². The SMILES string of the molecule is CCCCCNC(=O)C1CCN(CCC(=O)N2CCc3ccccc32)CC1. The fraction of sp³-hybridized carbons (Fsp3) is 0.636. The minimum absolute atomic E-state index is 0.143. The van der Waals surface area contributed by atoms with Crippen LogP contribution in [0.3, 0.4) is 0 Å². The number of hydrogen-bond acceptors (Lipinski definition) is 3. The number of unbranched alkanes of at least 4 members (excludes halogenated alkanes) is 2. The average Bonchev–Trinajstić information content (AvgIpc) is 3.14. The van der Waals surface area contributed by atoms with Crippen LogP contribution in [0, 0.1) is 5.92 Å². The van der Waals surface area contributed by atoms with Crippen LogP contribution in [0.5, 0.6) is 0 Å². The summed E-state index contributed by atoms with van der Waals surface area (Å²) in [6, 6.07) is 8.20. The van der Waals surface area contributed by atoms with Crippen LogP contribution in [-0.2, 0) is 16.0 Å². The first-order valence-electron chi connectivity index (χ1n) is 10.6. The Labute approximate surface area is 163 Å². The van der Waals surface area contributed by atoms with E-state index < -0.39 is 0 Å². The minimum Gasteiger partial charge on any atom is -0.356 e. The van der Waals surface area contributed by atoms with Gasteiger partial charge < -0.3 is 15.1 Å². The van der Waals surface area contributed by atoms with Gasteiger partial charge in [0.05, 0.1) is 0 Å². The van der Waals surface area contributed by atoms with Gasteiger partial charge >= 0.3 is 0 Å². The summed E-state index contributed by atoms with van der Waals surface area (Å²) in [5.41, 5.74) is 2.36. The molecule has 1 aromatic carbocycles.